The Hall–Kier alpha value is -0.920. The van der Waals surface area contributed by atoms with E-state index in [1.165, 1.54) is 5.70 Å². The van der Waals surface area contributed by atoms with Gasteiger partial charge in [0.15, 0.2) is 0 Å². The molecular formula is C11H22N2. The number of nitrogens with two attached hydrogens (primary N) is 1. The molecule has 2 N–H and O–H groups in total. The molecule has 0 aromatic heterocycles. The fraction of sp³-hybridized carbons (Fsp3) is 0.636. The monoisotopic (exact) mass is 182 g/mol. The molecule has 2 heteroatoms. The van der Waals surface area contributed by atoms with Gasteiger partial charge in [0.05, 0.1) is 0 Å². The van der Waals surface area contributed by atoms with Crippen molar-refractivity contribution in [3.8, 4) is 0 Å². The number of rotatable bonds is 5. The van der Waals surface area contributed by atoms with Crippen LogP contribution in [0.2, 0.25) is 0 Å². The highest BCUT2D eigenvalue weighted by Gasteiger charge is 2.05. The second-order valence-corrected chi connectivity index (χ2v) is 3.51. The molecule has 0 aliphatic heterocycles. The predicted octanol–water partition coefficient (Wildman–Crippen LogP) is 2.69. The molecule has 0 bridgehead atoms. The zero-order valence-electron chi connectivity index (χ0n) is 9.25. The molecule has 0 atom stereocenters. The van der Waals surface area contributed by atoms with Crippen LogP contribution in [0.4, 0.5) is 0 Å². The molecule has 13 heavy (non-hydrogen) atoms. The van der Waals surface area contributed by atoms with E-state index in [1.54, 1.807) is 6.20 Å². The first-order valence-electron chi connectivity index (χ1n) is 4.95. The maximum atomic E-state index is 5.38. The van der Waals surface area contributed by atoms with E-state index in [0.29, 0.717) is 5.92 Å². The predicted molar refractivity (Wildman–Crippen MR) is 58.9 cm³/mol. The summed E-state index contributed by atoms with van der Waals surface area (Å²) < 4.78 is 0. The SMILES string of the molecule is C/C=C(/CC(C)C)N(/C=C\N)CC. The minimum Gasteiger partial charge on any atom is -0.403 e. The Morgan fingerprint density at radius 3 is 2.38 bits per heavy atom. The molecule has 0 saturated carbocycles. The summed E-state index contributed by atoms with van der Waals surface area (Å²) in [6.07, 6.45) is 6.78. The highest BCUT2D eigenvalue weighted by atomic mass is 15.1. The topological polar surface area (TPSA) is 29.3 Å². The van der Waals surface area contributed by atoms with Crippen molar-refractivity contribution in [3.05, 3.63) is 24.2 Å². The number of hydrogen-bond acceptors (Lipinski definition) is 2. The van der Waals surface area contributed by atoms with Crippen LogP contribution in [0.3, 0.4) is 0 Å². The summed E-state index contributed by atoms with van der Waals surface area (Å²) in [5, 5.41) is 0. The molecule has 0 aromatic rings. The van der Waals surface area contributed by atoms with Crippen molar-refractivity contribution in [2.24, 2.45) is 11.7 Å². The van der Waals surface area contributed by atoms with E-state index in [-0.39, 0.29) is 0 Å². The van der Waals surface area contributed by atoms with Gasteiger partial charge in [0.1, 0.15) is 0 Å². The molecule has 0 radical (unpaired) electrons. The molecule has 0 spiro atoms. The molecule has 0 rings (SSSR count). The molecule has 0 unspecified atom stereocenters. The van der Waals surface area contributed by atoms with Gasteiger partial charge in [-0.05, 0) is 26.2 Å². The van der Waals surface area contributed by atoms with Crippen LogP contribution in [0.25, 0.3) is 0 Å². The van der Waals surface area contributed by atoms with Crippen LogP contribution in [0.15, 0.2) is 24.2 Å². The van der Waals surface area contributed by atoms with E-state index >= 15 is 0 Å². The third-order valence-electron chi connectivity index (χ3n) is 1.93. The van der Waals surface area contributed by atoms with E-state index in [4.69, 9.17) is 5.73 Å². The van der Waals surface area contributed by atoms with Gasteiger partial charge in [-0.25, -0.2) is 0 Å². The smallest absolute Gasteiger partial charge is 0.0194 e. The molecule has 76 valence electrons. The van der Waals surface area contributed by atoms with Gasteiger partial charge in [-0.3, -0.25) is 0 Å². The van der Waals surface area contributed by atoms with Crippen molar-refractivity contribution in [1.29, 1.82) is 0 Å². The first kappa shape index (κ1) is 12.1. The first-order valence-corrected chi connectivity index (χ1v) is 4.95. The second kappa shape index (κ2) is 6.58. The van der Waals surface area contributed by atoms with Gasteiger partial charge >= 0.3 is 0 Å². The lowest BCUT2D eigenvalue weighted by atomic mass is 10.1. The summed E-state index contributed by atoms with van der Waals surface area (Å²) >= 11 is 0. The second-order valence-electron chi connectivity index (χ2n) is 3.51. The number of allylic oxidation sites excluding steroid dienone is 2. The molecule has 0 fully saturated rings. The fourth-order valence-corrected chi connectivity index (χ4v) is 1.33. The van der Waals surface area contributed by atoms with Crippen LogP contribution in [0.1, 0.15) is 34.1 Å². The first-order chi connectivity index (χ1) is 6.15. The summed E-state index contributed by atoms with van der Waals surface area (Å²) in [4.78, 5) is 2.18. The van der Waals surface area contributed by atoms with Gasteiger partial charge in [0.25, 0.3) is 0 Å². The highest BCUT2D eigenvalue weighted by Crippen LogP contribution is 2.15. The lowest BCUT2D eigenvalue weighted by Crippen LogP contribution is -2.17. The maximum Gasteiger partial charge on any atom is 0.0194 e. The highest BCUT2D eigenvalue weighted by molar-refractivity contribution is 5.04. The van der Waals surface area contributed by atoms with Crippen molar-refractivity contribution in [2.75, 3.05) is 6.54 Å². The van der Waals surface area contributed by atoms with Crippen LogP contribution < -0.4 is 5.73 Å². The van der Waals surface area contributed by atoms with Crippen molar-refractivity contribution in [2.45, 2.75) is 34.1 Å². The Balaban J connectivity index is 4.36. The van der Waals surface area contributed by atoms with Crippen molar-refractivity contribution in [1.82, 2.24) is 4.90 Å². The molecule has 0 aliphatic rings. The van der Waals surface area contributed by atoms with Crippen LogP contribution in [-0.2, 0) is 0 Å². The van der Waals surface area contributed by atoms with Crippen molar-refractivity contribution in [3.63, 3.8) is 0 Å². The average molecular weight is 182 g/mol. The number of hydrogen-bond donors (Lipinski definition) is 1. The van der Waals surface area contributed by atoms with Gasteiger partial charge in [0, 0.05) is 24.6 Å². The minimum atomic E-state index is 0.687. The Morgan fingerprint density at radius 2 is 2.08 bits per heavy atom. The van der Waals surface area contributed by atoms with Crippen LogP contribution in [0.5, 0.6) is 0 Å². The zero-order valence-corrected chi connectivity index (χ0v) is 9.25. The molecule has 2 nitrogen and oxygen atoms in total. The lowest BCUT2D eigenvalue weighted by Gasteiger charge is -2.23. The largest absolute Gasteiger partial charge is 0.403 e. The summed E-state index contributed by atoms with van der Waals surface area (Å²) in [7, 11) is 0. The van der Waals surface area contributed by atoms with Gasteiger partial charge in [-0.2, -0.15) is 0 Å². The van der Waals surface area contributed by atoms with E-state index < -0.39 is 0 Å². The van der Waals surface area contributed by atoms with Crippen molar-refractivity contribution < 1.29 is 0 Å². The normalized spacial score (nSPS) is 12.8. The molecule has 0 amide bonds. The maximum absolute atomic E-state index is 5.38. The Bertz CT molecular complexity index is 181. The molecular weight excluding hydrogens is 160 g/mol. The Labute approximate surface area is 82.1 Å². The summed E-state index contributed by atoms with van der Waals surface area (Å²) in [6, 6.07) is 0. The van der Waals surface area contributed by atoms with Gasteiger partial charge in [0.2, 0.25) is 0 Å². The fourth-order valence-electron chi connectivity index (χ4n) is 1.33. The average Bonchev–Trinajstić information content (AvgIpc) is 2.10. The number of nitrogens with zero attached hydrogens (tertiary/aromatic N) is 1. The summed E-state index contributed by atoms with van der Waals surface area (Å²) in [5.41, 5.74) is 6.73. The van der Waals surface area contributed by atoms with Crippen LogP contribution in [-0.4, -0.2) is 11.4 Å². The Morgan fingerprint density at radius 1 is 1.46 bits per heavy atom. The lowest BCUT2D eigenvalue weighted by molar-refractivity contribution is 0.438. The molecule has 0 aromatic carbocycles. The summed E-state index contributed by atoms with van der Waals surface area (Å²) in [5.74, 6) is 0.687. The van der Waals surface area contributed by atoms with E-state index in [1.807, 2.05) is 6.20 Å². The van der Waals surface area contributed by atoms with E-state index in [2.05, 4.69) is 38.7 Å². The third kappa shape index (κ3) is 4.61. The van der Waals surface area contributed by atoms with Gasteiger partial charge in [-0.1, -0.05) is 19.9 Å². The minimum absolute atomic E-state index is 0.687. The molecule has 0 heterocycles. The molecule has 0 aliphatic carbocycles. The quantitative estimate of drug-likeness (QED) is 0.708. The standard InChI is InChI=1S/C11H22N2/c1-5-11(9-10(3)4)13(6-2)8-7-12/h5,7-8,10H,6,9,12H2,1-4H3/b8-7-,11-5-. The zero-order chi connectivity index (χ0) is 10.3. The molecule has 0 saturated heterocycles. The van der Waals surface area contributed by atoms with Crippen molar-refractivity contribution >= 4 is 0 Å². The van der Waals surface area contributed by atoms with E-state index in [9.17, 15) is 0 Å². The van der Waals surface area contributed by atoms with E-state index in [0.717, 1.165) is 13.0 Å². The van der Waals surface area contributed by atoms with Crippen LogP contribution in [0, 0.1) is 5.92 Å². The summed E-state index contributed by atoms with van der Waals surface area (Å²) in [6.45, 7) is 9.63. The van der Waals surface area contributed by atoms with Gasteiger partial charge in [-0.15, -0.1) is 0 Å². The third-order valence-corrected chi connectivity index (χ3v) is 1.93. The Kier molecular flexibility index (Phi) is 6.11. The van der Waals surface area contributed by atoms with Crippen LogP contribution >= 0.6 is 0 Å². The van der Waals surface area contributed by atoms with Gasteiger partial charge < -0.3 is 10.6 Å².